The Labute approximate surface area is 139 Å². The first-order valence-electron chi connectivity index (χ1n) is 8.96. The van der Waals surface area contributed by atoms with Crippen LogP contribution < -0.4 is 0 Å². The Morgan fingerprint density at radius 3 is 2.57 bits per heavy atom. The Morgan fingerprint density at radius 2 is 1.83 bits per heavy atom. The molecule has 0 fully saturated rings. The van der Waals surface area contributed by atoms with Gasteiger partial charge < -0.3 is 0 Å². The van der Waals surface area contributed by atoms with Gasteiger partial charge in [0.1, 0.15) is 0 Å². The van der Waals surface area contributed by atoms with E-state index in [9.17, 15) is 4.79 Å². The summed E-state index contributed by atoms with van der Waals surface area (Å²) in [6, 6.07) is 12.8. The lowest BCUT2D eigenvalue weighted by atomic mass is 9.80. The molecule has 0 saturated heterocycles. The van der Waals surface area contributed by atoms with Crippen LogP contribution in [0, 0.1) is 6.92 Å². The zero-order valence-corrected chi connectivity index (χ0v) is 14.3. The summed E-state index contributed by atoms with van der Waals surface area (Å²) in [5, 5.41) is 0. The van der Waals surface area contributed by atoms with E-state index < -0.39 is 0 Å². The largest absolute Gasteiger partial charge is 0.294 e. The zero-order valence-electron chi connectivity index (χ0n) is 14.3. The van der Waals surface area contributed by atoms with Crippen molar-refractivity contribution in [2.75, 3.05) is 0 Å². The highest BCUT2D eigenvalue weighted by molar-refractivity contribution is 6.00. The number of rotatable bonds is 5. The predicted molar refractivity (Wildman–Crippen MR) is 97.1 cm³/mol. The number of hydrogen-bond acceptors (Lipinski definition) is 1. The molecule has 1 nitrogen and oxygen atoms in total. The molecule has 0 aromatic heterocycles. The van der Waals surface area contributed by atoms with E-state index in [0.29, 0.717) is 12.2 Å². The van der Waals surface area contributed by atoms with E-state index in [1.165, 1.54) is 47.1 Å². The van der Waals surface area contributed by atoms with E-state index in [2.05, 4.69) is 50.2 Å². The van der Waals surface area contributed by atoms with Crippen molar-refractivity contribution in [3.8, 4) is 11.1 Å². The number of fused-ring (bicyclic) bond motifs is 1. The third-order valence-corrected chi connectivity index (χ3v) is 4.97. The molecular weight excluding hydrogens is 280 g/mol. The second-order valence-electron chi connectivity index (χ2n) is 6.67. The van der Waals surface area contributed by atoms with E-state index in [1.807, 2.05) is 0 Å². The van der Waals surface area contributed by atoms with Gasteiger partial charge in [0.15, 0.2) is 5.78 Å². The lowest BCUT2D eigenvalue weighted by Crippen LogP contribution is -2.15. The molecule has 2 aromatic rings. The van der Waals surface area contributed by atoms with Crippen LogP contribution in [0.3, 0.4) is 0 Å². The number of Topliss-reactive ketones (excluding diaryl/α,β-unsaturated/α-hetero) is 1. The van der Waals surface area contributed by atoms with Crippen LogP contribution in [0.25, 0.3) is 11.1 Å². The number of benzene rings is 2. The summed E-state index contributed by atoms with van der Waals surface area (Å²) in [4.78, 5) is 12.4. The molecule has 2 aromatic carbocycles. The van der Waals surface area contributed by atoms with Crippen molar-refractivity contribution < 1.29 is 4.79 Å². The van der Waals surface area contributed by atoms with E-state index in [0.717, 1.165) is 24.8 Å². The molecule has 1 aliphatic rings. The van der Waals surface area contributed by atoms with Crippen molar-refractivity contribution >= 4 is 5.78 Å². The van der Waals surface area contributed by atoms with Crippen LogP contribution in [0.1, 0.15) is 66.1 Å². The molecule has 1 aliphatic carbocycles. The highest BCUT2D eigenvalue weighted by Crippen LogP contribution is 2.36. The van der Waals surface area contributed by atoms with E-state index in [1.54, 1.807) is 0 Å². The van der Waals surface area contributed by atoms with Gasteiger partial charge in [-0.25, -0.2) is 0 Å². The van der Waals surface area contributed by atoms with Gasteiger partial charge in [-0.3, -0.25) is 4.79 Å². The molecule has 0 N–H and O–H groups in total. The monoisotopic (exact) mass is 306 g/mol. The average molecular weight is 306 g/mol. The first-order valence-corrected chi connectivity index (χ1v) is 8.96. The minimum atomic E-state index is 0.339. The minimum Gasteiger partial charge on any atom is -0.294 e. The Bertz CT molecular complexity index is 698. The number of aryl methyl sites for hydroxylation is 1. The topological polar surface area (TPSA) is 17.1 Å². The zero-order chi connectivity index (χ0) is 16.2. The fourth-order valence-corrected chi connectivity index (χ4v) is 3.86. The molecule has 1 heteroatoms. The smallest absolute Gasteiger partial charge is 0.163 e. The van der Waals surface area contributed by atoms with Crippen molar-refractivity contribution in [1.82, 2.24) is 0 Å². The maximum Gasteiger partial charge on any atom is 0.163 e. The quantitative estimate of drug-likeness (QED) is 0.627. The maximum atomic E-state index is 12.4. The third kappa shape index (κ3) is 3.24. The van der Waals surface area contributed by atoms with E-state index in [-0.39, 0.29) is 0 Å². The lowest BCUT2D eigenvalue weighted by molar-refractivity contribution is 0.0972. The van der Waals surface area contributed by atoms with Gasteiger partial charge in [0, 0.05) is 12.0 Å². The molecule has 0 bridgehead atoms. The normalized spacial score (nSPS) is 13.9. The van der Waals surface area contributed by atoms with Crippen LogP contribution in [0.2, 0.25) is 0 Å². The molecule has 3 rings (SSSR count). The molecule has 0 unspecified atom stereocenters. The van der Waals surface area contributed by atoms with Gasteiger partial charge >= 0.3 is 0 Å². The first-order chi connectivity index (χ1) is 11.2. The van der Waals surface area contributed by atoms with Gasteiger partial charge in [-0.1, -0.05) is 50.1 Å². The van der Waals surface area contributed by atoms with Crippen molar-refractivity contribution in [1.29, 1.82) is 0 Å². The Balaban J connectivity index is 2.15. The van der Waals surface area contributed by atoms with Crippen LogP contribution in [0.4, 0.5) is 0 Å². The number of carbonyl (C=O) groups excluding carboxylic acids is 1. The van der Waals surface area contributed by atoms with Crippen LogP contribution >= 0.6 is 0 Å². The van der Waals surface area contributed by atoms with Gasteiger partial charge in [-0.15, -0.1) is 0 Å². The van der Waals surface area contributed by atoms with Crippen LogP contribution in [-0.2, 0) is 12.8 Å². The van der Waals surface area contributed by atoms with Crippen molar-refractivity contribution in [3.63, 3.8) is 0 Å². The fraction of sp³-hybridized carbons (Fsp3) is 0.409. The predicted octanol–water partition coefficient (Wildman–Crippen LogP) is 5.91. The van der Waals surface area contributed by atoms with Gasteiger partial charge in [-0.05, 0) is 66.5 Å². The summed E-state index contributed by atoms with van der Waals surface area (Å²) in [6.45, 7) is 4.40. The van der Waals surface area contributed by atoms with E-state index >= 15 is 0 Å². The summed E-state index contributed by atoms with van der Waals surface area (Å²) in [6.07, 6.45) is 7.56. The van der Waals surface area contributed by atoms with Gasteiger partial charge in [0.05, 0.1) is 0 Å². The Hall–Kier alpha value is -1.89. The molecule has 0 saturated carbocycles. The molecule has 0 heterocycles. The molecular formula is C22H26O. The highest BCUT2D eigenvalue weighted by atomic mass is 16.1. The minimum absolute atomic E-state index is 0.339. The molecule has 0 atom stereocenters. The second-order valence-corrected chi connectivity index (χ2v) is 6.67. The second kappa shape index (κ2) is 7.12. The van der Waals surface area contributed by atoms with Crippen LogP contribution in [-0.4, -0.2) is 5.78 Å². The van der Waals surface area contributed by atoms with Crippen molar-refractivity contribution in [2.45, 2.75) is 58.8 Å². The standard InChI is InChI=1S/C22H26O/c1-3-4-6-12-19-18-13-9-14-21(23)20(18)15-16(2)22(19)17-10-7-5-8-11-17/h5,7-8,10-11,15H,3-4,6,9,12-14H2,1-2H3. The molecule has 0 radical (unpaired) electrons. The molecule has 0 spiro atoms. The summed E-state index contributed by atoms with van der Waals surface area (Å²) < 4.78 is 0. The summed E-state index contributed by atoms with van der Waals surface area (Å²) in [5.41, 5.74) is 7.68. The molecule has 120 valence electrons. The van der Waals surface area contributed by atoms with Crippen LogP contribution in [0.15, 0.2) is 36.4 Å². The summed E-state index contributed by atoms with van der Waals surface area (Å²) >= 11 is 0. The molecule has 23 heavy (non-hydrogen) atoms. The average Bonchev–Trinajstić information content (AvgIpc) is 2.57. The Kier molecular flexibility index (Phi) is 4.95. The highest BCUT2D eigenvalue weighted by Gasteiger charge is 2.23. The number of hydrogen-bond donors (Lipinski definition) is 0. The van der Waals surface area contributed by atoms with Gasteiger partial charge in [0.2, 0.25) is 0 Å². The fourth-order valence-electron chi connectivity index (χ4n) is 3.86. The van der Waals surface area contributed by atoms with Gasteiger partial charge in [-0.2, -0.15) is 0 Å². The molecule has 0 aliphatic heterocycles. The molecule has 0 amide bonds. The third-order valence-electron chi connectivity index (χ3n) is 4.97. The maximum absolute atomic E-state index is 12.4. The summed E-state index contributed by atoms with van der Waals surface area (Å²) in [5.74, 6) is 0.339. The van der Waals surface area contributed by atoms with Crippen molar-refractivity contribution in [2.24, 2.45) is 0 Å². The summed E-state index contributed by atoms with van der Waals surface area (Å²) in [7, 11) is 0. The lowest BCUT2D eigenvalue weighted by Gasteiger charge is -2.24. The SMILES string of the molecule is CCCCCc1c2c(cc(C)c1-c1ccccc1)C(=O)CCC2. The number of unbranched alkanes of at least 4 members (excludes halogenated alkanes) is 2. The first kappa shape index (κ1) is 16.0. The van der Waals surface area contributed by atoms with Crippen LogP contribution in [0.5, 0.6) is 0 Å². The van der Waals surface area contributed by atoms with Gasteiger partial charge in [0.25, 0.3) is 0 Å². The Morgan fingerprint density at radius 1 is 1.04 bits per heavy atom. The number of carbonyl (C=O) groups is 1. The number of ketones is 1. The van der Waals surface area contributed by atoms with Crippen molar-refractivity contribution in [3.05, 3.63) is 58.7 Å². The van der Waals surface area contributed by atoms with E-state index in [4.69, 9.17) is 0 Å².